The summed E-state index contributed by atoms with van der Waals surface area (Å²) < 4.78 is 0. The minimum absolute atomic E-state index is 0.658. The molecule has 0 bridgehead atoms. The Labute approximate surface area is 118 Å². The van der Waals surface area contributed by atoms with E-state index in [1.165, 1.54) is 29.0 Å². The first-order valence-electron chi connectivity index (χ1n) is 6.95. The predicted molar refractivity (Wildman–Crippen MR) is 81.6 cm³/mol. The van der Waals surface area contributed by atoms with E-state index in [-0.39, 0.29) is 0 Å². The van der Waals surface area contributed by atoms with Gasteiger partial charge in [0.05, 0.1) is 16.1 Å². The molecule has 2 aromatic rings. The summed E-state index contributed by atoms with van der Waals surface area (Å²) >= 11 is 1.72. The molecule has 0 amide bonds. The Balaban J connectivity index is 1.71. The highest BCUT2D eigenvalue weighted by molar-refractivity contribution is 7.13. The number of hydrogen-bond donors (Lipinski definition) is 1. The SMILES string of the molecule is Cc1ncsc1-c1ccc(CC2CC(C)CN2)cc1. The largest absolute Gasteiger partial charge is 0.313 e. The maximum atomic E-state index is 4.32. The summed E-state index contributed by atoms with van der Waals surface area (Å²) in [4.78, 5) is 5.61. The molecule has 19 heavy (non-hydrogen) atoms. The fourth-order valence-corrected chi connectivity index (χ4v) is 3.64. The Bertz CT molecular complexity index is 544. The van der Waals surface area contributed by atoms with E-state index in [1.54, 1.807) is 11.3 Å². The summed E-state index contributed by atoms with van der Waals surface area (Å²) in [5.74, 6) is 0.823. The zero-order chi connectivity index (χ0) is 13.2. The minimum atomic E-state index is 0.658. The van der Waals surface area contributed by atoms with Crippen molar-refractivity contribution >= 4 is 11.3 Å². The highest BCUT2D eigenvalue weighted by Crippen LogP contribution is 2.27. The fraction of sp³-hybridized carbons (Fsp3) is 0.438. The van der Waals surface area contributed by atoms with Gasteiger partial charge in [0.15, 0.2) is 0 Å². The lowest BCUT2D eigenvalue weighted by atomic mass is 10.00. The van der Waals surface area contributed by atoms with Crippen molar-refractivity contribution in [3.05, 3.63) is 41.0 Å². The van der Waals surface area contributed by atoms with Gasteiger partial charge in [0.25, 0.3) is 0 Å². The highest BCUT2D eigenvalue weighted by Gasteiger charge is 2.20. The third kappa shape index (κ3) is 2.88. The third-order valence-electron chi connectivity index (χ3n) is 3.89. The molecule has 0 spiro atoms. The van der Waals surface area contributed by atoms with Gasteiger partial charge in [0.1, 0.15) is 0 Å². The van der Waals surface area contributed by atoms with Gasteiger partial charge in [-0.05, 0) is 43.4 Å². The quantitative estimate of drug-likeness (QED) is 0.922. The second kappa shape index (κ2) is 5.43. The summed E-state index contributed by atoms with van der Waals surface area (Å²) in [5, 5.41) is 3.60. The Morgan fingerprint density at radius 2 is 2.11 bits per heavy atom. The van der Waals surface area contributed by atoms with Crippen LogP contribution in [0.4, 0.5) is 0 Å². The van der Waals surface area contributed by atoms with Crippen molar-refractivity contribution in [1.82, 2.24) is 10.3 Å². The fourth-order valence-electron chi connectivity index (χ4n) is 2.83. The number of hydrogen-bond acceptors (Lipinski definition) is 3. The van der Waals surface area contributed by atoms with Gasteiger partial charge in [-0.1, -0.05) is 31.2 Å². The molecule has 0 saturated carbocycles. The van der Waals surface area contributed by atoms with Gasteiger partial charge in [-0.2, -0.15) is 0 Å². The van der Waals surface area contributed by atoms with E-state index >= 15 is 0 Å². The molecule has 1 N–H and O–H groups in total. The average molecular weight is 272 g/mol. The van der Waals surface area contributed by atoms with Crippen LogP contribution < -0.4 is 5.32 Å². The number of aromatic nitrogens is 1. The zero-order valence-corrected chi connectivity index (χ0v) is 12.3. The molecule has 2 nitrogen and oxygen atoms in total. The first-order chi connectivity index (χ1) is 9.22. The lowest BCUT2D eigenvalue weighted by molar-refractivity contribution is 0.581. The molecule has 3 heteroatoms. The van der Waals surface area contributed by atoms with Gasteiger partial charge in [-0.15, -0.1) is 11.3 Å². The molecule has 0 aliphatic carbocycles. The van der Waals surface area contributed by atoms with Crippen LogP contribution in [0.2, 0.25) is 0 Å². The molecule has 1 aromatic carbocycles. The van der Waals surface area contributed by atoms with Crippen LogP contribution in [0.5, 0.6) is 0 Å². The summed E-state index contributed by atoms with van der Waals surface area (Å²) in [6.07, 6.45) is 2.45. The van der Waals surface area contributed by atoms with Gasteiger partial charge in [-0.25, -0.2) is 4.98 Å². The number of benzene rings is 1. The Morgan fingerprint density at radius 3 is 2.68 bits per heavy atom. The summed E-state index contributed by atoms with van der Waals surface area (Å²) in [5.41, 5.74) is 5.76. The van der Waals surface area contributed by atoms with Crippen molar-refractivity contribution in [3.63, 3.8) is 0 Å². The predicted octanol–water partition coefficient (Wildman–Crippen LogP) is 3.66. The van der Waals surface area contributed by atoms with E-state index in [2.05, 4.69) is 48.4 Å². The monoisotopic (exact) mass is 272 g/mol. The van der Waals surface area contributed by atoms with Crippen LogP contribution in [0.15, 0.2) is 29.8 Å². The molecule has 100 valence electrons. The van der Waals surface area contributed by atoms with E-state index in [4.69, 9.17) is 0 Å². The minimum Gasteiger partial charge on any atom is -0.313 e. The maximum Gasteiger partial charge on any atom is 0.0801 e. The molecule has 2 heterocycles. The lowest BCUT2D eigenvalue weighted by Gasteiger charge is -2.10. The molecular formula is C16H20N2S. The second-order valence-electron chi connectivity index (χ2n) is 5.61. The van der Waals surface area contributed by atoms with Crippen LogP contribution in [0.3, 0.4) is 0 Å². The molecule has 2 unspecified atom stereocenters. The molecule has 2 atom stereocenters. The highest BCUT2D eigenvalue weighted by atomic mass is 32.1. The van der Waals surface area contributed by atoms with E-state index in [1.807, 2.05) is 5.51 Å². The van der Waals surface area contributed by atoms with Crippen molar-refractivity contribution in [2.75, 3.05) is 6.54 Å². The lowest BCUT2D eigenvalue weighted by Crippen LogP contribution is -2.23. The molecule has 1 saturated heterocycles. The molecular weight excluding hydrogens is 252 g/mol. The summed E-state index contributed by atoms with van der Waals surface area (Å²) in [6.45, 7) is 5.56. The number of aryl methyl sites for hydroxylation is 1. The Morgan fingerprint density at radius 1 is 1.32 bits per heavy atom. The molecule has 3 rings (SSSR count). The molecule has 1 aliphatic heterocycles. The van der Waals surface area contributed by atoms with Crippen LogP contribution >= 0.6 is 11.3 Å². The Kier molecular flexibility index (Phi) is 3.67. The smallest absolute Gasteiger partial charge is 0.0801 e. The first-order valence-corrected chi connectivity index (χ1v) is 7.83. The van der Waals surface area contributed by atoms with E-state index in [0.29, 0.717) is 6.04 Å². The Hall–Kier alpha value is -1.19. The van der Waals surface area contributed by atoms with Crippen LogP contribution in [0.1, 0.15) is 24.6 Å². The van der Waals surface area contributed by atoms with Gasteiger partial charge in [0.2, 0.25) is 0 Å². The summed E-state index contributed by atoms with van der Waals surface area (Å²) in [6, 6.07) is 9.65. The van der Waals surface area contributed by atoms with Gasteiger partial charge in [-0.3, -0.25) is 0 Å². The molecule has 1 aromatic heterocycles. The van der Waals surface area contributed by atoms with Crippen LogP contribution in [-0.4, -0.2) is 17.6 Å². The topological polar surface area (TPSA) is 24.9 Å². The van der Waals surface area contributed by atoms with Crippen LogP contribution in [0, 0.1) is 12.8 Å². The second-order valence-corrected chi connectivity index (χ2v) is 6.47. The first kappa shape index (κ1) is 12.8. The molecule has 1 fully saturated rings. The van der Waals surface area contributed by atoms with E-state index in [0.717, 1.165) is 18.0 Å². The van der Waals surface area contributed by atoms with Crippen molar-refractivity contribution in [3.8, 4) is 10.4 Å². The number of thiazole rings is 1. The third-order valence-corrected chi connectivity index (χ3v) is 4.86. The zero-order valence-electron chi connectivity index (χ0n) is 11.5. The average Bonchev–Trinajstić information content (AvgIpc) is 3.00. The normalized spacial score (nSPS) is 22.8. The van der Waals surface area contributed by atoms with E-state index in [9.17, 15) is 0 Å². The number of rotatable bonds is 3. The van der Waals surface area contributed by atoms with Gasteiger partial charge >= 0.3 is 0 Å². The van der Waals surface area contributed by atoms with Crippen molar-refractivity contribution < 1.29 is 0 Å². The van der Waals surface area contributed by atoms with Gasteiger partial charge in [0, 0.05) is 6.04 Å². The van der Waals surface area contributed by atoms with Crippen LogP contribution in [-0.2, 0) is 6.42 Å². The standard InChI is InChI=1S/C16H20N2S/c1-11-7-15(17-9-11)8-13-3-5-14(6-4-13)16-12(2)18-10-19-16/h3-6,10-11,15,17H,7-9H2,1-2H3. The van der Waals surface area contributed by atoms with Crippen molar-refractivity contribution in [1.29, 1.82) is 0 Å². The maximum absolute atomic E-state index is 4.32. The summed E-state index contributed by atoms with van der Waals surface area (Å²) in [7, 11) is 0. The van der Waals surface area contributed by atoms with Crippen LogP contribution in [0.25, 0.3) is 10.4 Å². The molecule has 0 radical (unpaired) electrons. The van der Waals surface area contributed by atoms with Crippen molar-refractivity contribution in [2.45, 2.75) is 32.7 Å². The van der Waals surface area contributed by atoms with Gasteiger partial charge < -0.3 is 5.32 Å². The number of nitrogens with zero attached hydrogens (tertiary/aromatic N) is 1. The molecule has 1 aliphatic rings. The number of nitrogens with one attached hydrogen (secondary N) is 1. The van der Waals surface area contributed by atoms with E-state index < -0.39 is 0 Å². The van der Waals surface area contributed by atoms with Crippen molar-refractivity contribution in [2.24, 2.45) is 5.92 Å².